The van der Waals surface area contributed by atoms with Crippen LogP contribution in [0.3, 0.4) is 0 Å². The van der Waals surface area contributed by atoms with Gasteiger partial charge in [0.05, 0.1) is 4.92 Å². The molecule has 0 heterocycles. The van der Waals surface area contributed by atoms with E-state index < -0.39 is 17.3 Å². The Morgan fingerprint density at radius 2 is 1.82 bits per heavy atom. The van der Waals surface area contributed by atoms with Gasteiger partial charge in [-0.25, -0.2) is 0 Å². The number of rotatable bonds is 8. The Morgan fingerprint density at radius 3 is 2.35 bits per heavy atom. The average Bonchev–Trinajstić information content (AvgIpc) is 2.25. The third kappa shape index (κ3) is 9.04. The fourth-order valence-electron chi connectivity index (χ4n) is 1.10. The summed E-state index contributed by atoms with van der Waals surface area (Å²) in [5, 5.41) is 18.9. The van der Waals surface area contributed by atoms with Crippen molar-refractivity contribution in [2.75, 3.05) is 0 Å². The Morgan fingerprint density at radius 1 is 1.24 bits per heavy atom. The summed E-state index contributed by atoms with van der Waals surface area (Å²) in [6.07, 6.45) is 10.6. The maximum Gasteiger partial charge on any atom is 0.314 e. The fraction of sp³-hybridized carbons (Fsp3) is 0.417. The minimum absolute atomic E-state index is 0.272. The summed E-state index contributed by atoms with van der Waals surface area (Å²) in [5.74, 6) is -1.19. The summed E-state index contributed by atoms with van der Waals surface area (Å²) < 4.78 is 0. The van der Waals surface area contributed by atoms with E-state index in [0.717, 1.165) is 12.8 Å². The van der Waals surface area contributed by atoms with Crippen molar-refractivity contribution in [3.05, 3.63) is 46.2 Å². The molecule has 0 saturated carbocycles. The molecule has 0 atom stereocenters. The summed E-state index contributed by atoms with van der Waals surface area (Å²) in [4.78, 5) is 20.2. The van der Waals surface area contributed by atoms with Crippen molar-refractivity contribution in [1.82, 2.24) is 0 Å². The molecule has 0 unspecified atom stereocenters. The molecule has 0 radical (unpaired) electrons. The summed E-state index contributed by atoms with van der Waals surface area (Å²) in [7, 11) is 0. The van der Waals surface area contributed by atoms with Crippen molar-refractivity contribution in [3.8, 4) is 0 Å². The molecule has 0 bridgehead atoms. The Balaban J connectivity index is 4.13. The van der Waals surface area contributed by atoms with Crippen LogP contribution in [0.25, 0.3) is 0 Å². The highest BCUT2D eigenvalue weighted by Crippen LogP contribution is 2.04. The van der Waals surface area contributed by atoms with Crippen molar-refractivity contribution in [1.29, 1.82) is 0 Å². The predicted octanol–water partition coefficient (Wildman–Crippen LogP) is 2.92. The first-order valence-corrected chi connectivity index (χ1v) is 5.43. The lowest BCUT2D eigenvalue weighted by molar-refractivity contribution is -0.427. The number of hydrogen-bond acceptors (Lipinski definition) is 3. The molecule has 0 rings (SSSR count). The van der Waals surface area contributed by atoms with E-state index in [2.05, 4.69) is 0 Å². The monoisotopic (exact) mass is 239 g/mol. The molecule has 0 aliphatic rings. The number of carboxylic acids is 1. The maximum atomic E-state index is 10.5. The molecular formula is C12H17NO4. The van der Waals surface area contributed by atoms with Crippen LogP contribution in [0.15, 0.2) is 36.1 Å². The lowest BCUT2D eigenvalue weighted by Gasteiger charge is -1.93. The smallest absolute Gasteiger partial charge is 0.314 e. The van der Waals surface area contributed by atoms with Gasteiger partial charge >= 0.3 is 5.97 Å². The van der Waals surface area contributed by atoms with Crippen molar-refractivity contribution < 1.29 is 14.8 Å². The number of carboxylic acid groups (broad SMARTS) is 1. The van der Waals surface area contributed by atoms with Crippen molar-refractivity contribution in [3.63, 3.8) is 0 Å². The summed E-state index contributed by atoms with van der Waals surface area (Å²) >= 11 is 0. The molecule has 0 aliphatic carbocycles. The Bertz CT molecular complexity index is 342. The van der Waals surface area contributed by atoms with Gasteiger partial charge in [0.15, 0.2) is 0 Å². The first-order valence-electron chi connectivity index (χ1n) is 5.43. The van der Waals surface area contributed by atoms with Gasteiger partial charge in [-0.1, -0.05) is 31.2 Å². The van der Waals surface area contributed by atoms with Crippen LogP contribution in [0.4, 0.5) is 0 Å². The largest absolute Gasteiger partial charge is 0.481 e. The summed E-state index contributed by atoms with van der Waals surface area (Å²) in [5.41, 5.74) is -0.272. The zero-order valence-corrected chi connectivity index (χ0v) is 9.83. The standard InChI is InChI=1S/C12H17NO4/c1-2-3-4-5-6-7-8-9-11(13(16)17)10-12(14)15/h3-4,6-7,9H,2,5,8,10H2,1H3,(H,14,15)/b4-3-,7-6-,11-9?. The van der Waals surface area contributed by atoms with Crippen LogP contribution in [-0.2, 0) is 4.79 Å². The zero-order chi connectivity index (χ0) is 13.1. The summed E-state index contributed by atoms with van der Waals surface area (Å²) in [6.45, 7) is 2.04. The second kappa shape index (κ2) is 9.33. The van der Waals surface area contributed by atoms with Crippen LogP contribution < -0.4 is 0 Å². The van der Waals surface area contributed by atoms with Crippen molar-refractivity contribution >= 4 is 5.97 Å². The molecule has 0 fully saturated rings. The Kier molecular flexibility index (Phi) is 8.28. The van der Waals surface area contributed by atoms with Gasteiger partial charge in [0, 0.05) is 0 Å². The molecule has 17 heavy (non-hydrogen) atoms. The number of carbonyl (C=O) groups is 1. The minimum Gasteiger partial charge on any atom is -0.481 e. The molecule has 0 aromatic carbocycles. The zero-order valence-electron chi connectivity index (χ0n) is 9.83. The normalized spacial score (nSPS) is 12.4. The average molecular weight is 239 g/mol. The van der Waals surface area contributed by atoms with E-state index in [0.29, 0.717) is 6.42 Å². The van der Waals surface area contributed by atoms with Crippen LogP contribution in [0.2, 0.25) is 0 Å². The quantitative estimate of drug-likeness (QED) is 0.401. The fourth-order valence-corrected chi connectivity index (χ4v) is 1.10. The van der Waals surface area contributed by atoms with Crippen molar-refractivity contribution in [2.24, 2.45) is 0 Å². The van der Waals surface area contributed by atoms with Gasteiger partial charge in [-0.05, 0) is 25.3 Å². The number of nitro groups is 1. The molecule has 0 amide bonds. The minimum atomic E-state index is -1.19. The SMILES string of the molecule is CC/C=C\C/C=C\CC=C(CC(=O)O)[N+](=O)[O-]. The molecule has 0 aromatic rings. The number of hydrogen-bond donors (Lipinski definition) is 1. The van der Waals surface area contributed by atoms with Gasteiger partial charge in [0.1, 0.15) is 6.42 Å². The number of aliphatic carboxylic acids is 1. The first kappa shape index (κ1) is 15.1. The molecule has 5 heteroatoms. The number of nitrogens with zero attached hydrogens (tertiary/aromatic N) is 1. The third-order valence-corrected chi connectivity index (χ3v) is 1.90. The van der Waals surface area contributed by atoms with Crippen LogP contribution >= 0.6 is 0 Å². The van der Waals surface area contributed by atoms with E-state index in [4.69, 9.17) is 5.11 Å². The lowest BCUT2D eigenvalue weighted by Crippen LogP contribution is -2.05. The molecular weight excluding hydrogens is 222 g/mol. The highest BCUT2D eigenvalue weighted by molar-refractivity contribution is 5.69. The Labute approximate surface area is 100 Å². The van der Waals surface area contributed by atoms with Crippen LogP contribution in [-0.4, -0.2) is 16.0 Å². The molecule has 0 aliphatic heterocycles. The van der Waals surface area contributed by atoms with E-state index in [9.17, 15) is 14.9 Å². The number of allylic oxidation sites excluding steroid dienone is 5. The molecule has 0 aromatic heterocycles. The van der Waals surface area contributed by atoms with Gasteiger partial charge in [0.2, 0.25) is 0 Å². The molecule has 1 N–H and O–H groups in total. The molecule has 94 valence electrons. The van der Waals surface area contributed by atoms with Crippen LogP contribution in [0, 0.1) is 10.1 Å². The van der Waals surface area contributed by atoms with Gasteiger partial charge in [-0.2, -0.15) is 0 Å². The van der Waals surface area contributed by atoms with Gasteiger partial charge in [-0.15, -0.1) is 0 Å². The van der Waals surface area contributed by atoms with Gasteiger partial charge in [-0.3, -0.25) is 14.9 Å². The first-order chi connectivity index (χ1) is 8.07. The van der Waals surface area contributed by atoms with Crippen molar-refractivity contribution in [2.45, 2.75) is 32.6 Å². The van der Waals surface area contributed by atoms with Crippen LogP contribution in [0.1, 0.15) is 32.6 Å². The van der Waals surface area contributed by atoms with Crippen LogP contribution in [0.5, 0.6) is 0 Å². The Hall–Kier alpha value is -1.91. The maximum absolute atomic E-state index is 10.5. The molecule has 5 nitrogen and oxygen atoms in total. The van der Waals surface area contributed by atoms with Gasteiger partial charge < -0.3 is 5.11 Å². The van der Waals surface area contributed by atoms with E-state index in [1.54, 1.807) is 6.08 Å². The molecule has 0 spiro atoms. The topological polar surface area (TPSA) is 80.4 Å². The van der Waals surface area contributed by atoms with E-state index in [-0.39, 0.29) is 5.70 Å². The highest BCUT2D eigenvalue weighted by Gasteiger charge is 2.13. The lowest BCUT2D eigenvalue weighted by atomic mass is 10.2. The second-order valence-electron chi connectivity index (χ2n) is 3.35. The second-order valence-corrected chi connectivity index (χ2v) is 3.35. The molecule has 0 saturated heterocycles. The van der Waals surface area contributed by atoms with E-state index in [1.165, 1.54) is 6.08 Å². The third-order valence-electron chi connectivity index (χ3n) is 1.90. The highest BCUT2D eigenvalue weighted by atomic mass is 16.6. The van der Waals surface area contributed by atoms with E-state index >= 15 is 0 Å². The van der Waals surface area contributed by atoms with E-state index in [1.807, 2.05) is 25.2 Å². The van der Waals surface area contributed by atoms with Gasteiger partial charge in [0.25, 0.3) is 5.70 Å². The summed E-state index contributed by atoms with van der Waals surface area (Å²) in [6, 6.07) is 0. The predicted molar refractivity (Wildman–Crippen MR) is 65.1 cm³/mol.